The molecule has 2 heterocycles. The van der Waals surface area contributed by atoms with Gasteiger partial charge in [-0.2, -0.15) is 0 Å². The van der Waals surface area contributed by atoms with Gasteiger partial charge in [-0.15, -0.1) is 0 Å². The Morgan fingerprint density at radius 1 is 0.933 bits per heavy atom. The van der Waals surface area contributed by atoms with Gasteiger partial charge in [0.05, 0.1) is 0 Å². The van der Waals surface area contributed by atoms with E-state index in [0.717, 1.165) is 28.5 Å². The van der Waals surface area contributed by atoms with Crippen LogP contribution < -0.4 is 4.90 Å². The second-order valence-corrected chi connectivity index (χ2v) is 7.74. The molecule has 1 aliphatic heterocycles. The summed E-state index contributed by atoms with van der Waals surface area (Å²) in [5, 5.41) is 0. The van der Waals surface area contributed by atoms with Crippen molar-refractivity contribution in [2.75, 3.05) is 31.1 Å². The lowest BCUT2D eigenvalue weighted by Gasteiger charge is -2.36. The average Bonchev–Trinajstić information content (AvgIpc) is 2.76. The molecule has 1 aliphatic rings. The van der Waals surface area contributed by atoms with Gasteiger partial charge in [0.15, 0.2) is 5.82 Å². The molecule has 3 aromatic rings. The van der Waals surface area contributed by atoms with Crippen LogP contribution >= 0.6 is 0 Å². The fourth-order valence-electron chi connectivity index (χ4n) is 3.73. The molecule has 6 heteroatoms. The van der Waals surface area contributed by atoms with Gasteiger partial charge in [-0.3, -0.25) is 4.79 Å². The van der Waals surface area contributed by atoms with E-state index in [2.05, 4.69) is 24.0 Å². The Bertz CT molecular complexity index is 1070. The third kappa shape index (κ3) is 4.03. The van der Waals surface area contributed by atoms with Crippen molar-refractivity contribution in [1.29, 1.82) is 0 Å². The monoisotopic (exact) mass is 404 g/mol. The molecule has 0 atom stereocenters. The minimum Gasteiger partial charge on any atom is -0.353 e. The standard InChI is InChI=1S/C24H25FN4O/c1-16-5-4-6-20(15-16)22-26-18(3)17(2)23(27-22)28-11-13-29(14-12-28)24(30)19-7-9-21(25)10-8-19/h4-10,15H,11-14H2,1-3H3. The Balaban J connectivity index is 1.53. The number of amides is 1. The van der Waals surface area contributed by atoms with E-state index in [9.17, 15) is 9.18 Å². The second-order valence-electron chi connectivity index (χ2n) is 7.74. The molecule has 1 aromatic heterocycles. The molecule has 154 valence electrons. The molecule has 0 bridgehead atoms. The largest absolute Gasteiger partial charge is 0.353 e. The Hall–Kier alpha value is -3.28. The smallest absolute Gasteiger partial charge is 0.253 e. The van der Waals surface area contributed by atoms with Crippen molar-refractivity contribution in [3.05, 3.63) is 76.7 Å². The number of piperazine rings is 1. The first-order chi connectivity index (χ1) is 14.4. The van der Waals surface area contributed by atoms with E-state index >= 15 is 0 Å². The first-order valence-electron chi connectivity index (χ1n) is 10.1. The van der Waals surface area contributed by atoms with Crippen LogP contribution in [0.4, 0.5) is 10.2 Å². The normalized spacial score (nSPS) is 14.1. The van der Waals surface area contributed by atoms with E-state index in [0.29, 0.717) is 31.7 Å². The van der Waals surface area contributed by atoms with Crippen LogP contribution in [-0.2, 0) is 0 Å². The van der Waals surface area contributed by atoms with Gasteiger partial charge in [-0.1, -0.05) is 23.8 Å². The van der Waals surface area contributed by atoms with Gasteiger partial charge in [0.25, 0.3) is 5.91 Å². The fraction of sp³-hybridized carbons (Fsp3) is 0.292. The summed E-state index contributed by atoms with van der Waals surface area (Å²) in [6.45, 7) is 8.68. The number of nitrogens with zero attached hydrogens (tertiary/aromatic N) is 4. The number of rotatable bonds is 3. The highest BCUT2D eigenvalue weighted by Gasteiger charge is 2.25. The molecular weight excluding hydrogens is 379 g/mol. The predicted molar refractivity (Wildman–Crippen MR) is 116 cm³/mol. The first-order valence-corrected chi connectivity index (χ1v) is 10.1. The van der Waals surface area contributed by atoms with Crippen LogP contribution in [0.1, 0.15) is 27.2 Å². The molecule has 1 fully saturated rings. The summed E-state index contributed by atoms with van der Waals surface area (Å²) in [5.41, 5.74) is 4.71. The molecule has 2 aromatic carbocycles. The highest BCUT2D eigenvalue weighted by Crippen LogP contribution is 2.26. The van der Waals surface area contributed by atoms with Gasteiger partial charge in [0.1, 0.15) is 11.6 Å². The number of carbonyl (C=O) groups excluding carboxylic acids is 1. The maximum atomic E-state index is 13.1. The van der Waals surface area contributed by atoms with Crippen LogP contribution in [-0.4, -0.2) is 47.0 Å². The van der Waals surface area contributed by atoms with Crippen LogP contribution in [0.15, 0.2) is 48.5 Å². The summed E-state index contributed by atoms with van der Waals surface area (Å²) in [7, 11) is 0. The van der Waals surface area contributed by atoms with E-state index in [-0.39, 0.29) is 11.7 Å². The zero-order chi connectivity index (χ0) is 21.3. The molecule has 0 N–H and O–H groups in total. The minimum absolute atomic E-state index is 0.0642. The summed E-state index contributed by atoms with van der Waals surface area (Å²) >= 11 is 0. The fourth-order valence-corrected chi connectivity index (χ4v) is 3.73. The summed E-state index contributed by atoms with van der Waals surface area (Å²) in [4.78, 5) is 26.3. The highest BCUT2D eigenvalue weighted by atomic mass is 19.1. The lowest BCUT2D eigenvalue weighted by Crippen LogP contribution is -2.49. The van der Waals surface area contributed by atoms with Crippen molar-refractivity contribution < 1.29 is 9.18 Å². The Kier molecular flexibility index (Phi) is 5.48. The lowest BCUT2D eigenvalue weighted by atomic mass is 10.1. The summed E-state index contributed by atoms with van der Waals surface area (Å²) in [6.07, 6.45) is 0. The van der Waals surface area contributed by atoms with Crippen molar-refractivity contribution in [3.8, 4) is 11.4 Å². The van der Waals surface area contributed by atoms with Gasteiger partial charge in [0, 0.05) is 48.6 Å². The number of hydrogen-bond acceptors (Lipinski definition) is 4. The van der Waals surface area contributed by atoms with Crippen molar-refractivity contribution in [2.24, 2.45) is 0 Å². The molecule has 0 radical (unpaired) electrons. The van der Waals surface area contributed by atoms with E-state index in [1.165, 1.54) is 29.8 Å². The van der Waals surface area contributed by atoms with Crippen LogP contribution in [0.5, 0.6) is 0 Å². The number of benzene rings is 2. The van der Waals surface area contributed by atoms with Crippen molar-refractivity contribution >= 4 is 11.7 Å². The van der Waals surface area contributed by atoms with Gasteiger partial charge >= 0.3 is 0 Å². The number of anilines is 1. The molecule has 4 rings (SSSR count). The predicted octanol–water partition coefficient (Wildman–Crippen LogP) is 4.17. The third-order valence-corrected chi connectivity index (χ3v) is 5.60. The summed E-state index contributed by atoms with van der Waals surface area (Å²) in [5.74, 6) is 1.25. The summed E-state index contributed by atoms with van der Waals surface area (Å²) in [6, 6.07) is 13.9. The molecule has 0 aliphatic carbocycles. The SMILES string of the molecule is Cc1cccc(-c2nc(C)c(C)c(N3CCN(C(=O)c4ccc(F)cc4)CC3)n2)c1. The zero-order valence-corrected chi connectivity index (χ0v) is 17.5. The van der Waals surface area contributed by atoms with Crippen molar-refractivity contribution in [1.82, 2.24) is 14.9 Å². The zero-order valence-electron chi connectivity index (χ0n) is 17.5. The third-order valence-electron chi connectivity index (χ3n) is 5.60. The van der Waals surface area contributed by atoms with Gasteiger partial charge in [-0.25, -0.2) is 14.4 Å². The molecule has 0 saturated carbocycles. The van der Waals surface area contributed by atoms with Crippen molar-refractivity contribution in [2.45, 2.75) is 20.8 Å². The summed E-state index contributed by atoms with van der Waals surface area (Å²) < 4.78 is 13.1. The van der Waals surface area contributed by atoms with E-state index < -0.39 is 0 Å². The molecule has 5 nitrogen and oxygen atoms in total. The van der Waals surface area contributed by atoms with Crippen molar-refractivity contribution in [3.63, 3.8) is 0 Å². The van der Waals surface area contributed by atoms with Crippen LogP contribution in [0.25, 0.3) is 11.4 Å². The van der Waals surface area contributed by atoms with Crippen LogP contribution in [0.3, 0.4) is 0 Å². The molecular formula is C24H25FN4O. The maximum absolute atomic E-state index is 13.1. The topological polar surface area (TPSA) is 49.3 Å². The number of hydrogen-bond donors (Lipinski definition) is 0. The van der Waals surface area contributed by atoms with Gasteiger partial charge in [0.2, 0.25) is 0 Å². The van der Waals surface area contributed by atoms with Gasteiger partial charge < -0.3 is 9.80 Å². The number of halogens is 1. The highest BCUT2D eigenvalue weighted by molar-refractivity contribution is 5.94. The second kappa shape index (κ2) is 8.22. The molecule has 1 amide bonds. The van der Waals surface area contributed by atoms with E-state index in [1.54, 1.807) is 0 Å². The van der Waals surface area contributed by atoms with E-state index in [1.807, 2.05) is 30.9 Å². The Morgan fingerprint density at radius 2 is 1.63 bits per heavy atom. The molecule has 30 heavy (non-hydrogen) atoms. The van der Waals surface area contributed by atoms with E-state index in [4.69, 9.17) is 9.97 Å². The number of aromatic nitrogens is 2. The quantitative estimate of drug-likeness (QED) is 0.657. The number of aryl methyl sites for hydroxylation is 2. The number of carbonyl (C=O) groups is 1. The lowest BCUT2D eigenvalue weighted by molar-refractivity contribution is 0.0746. The van der Waals surface area contributed by atoms with Crippen LogP contribution in [0, 0.1) is 26.6 Å². The van der Waals surface area contributed by atoms with Gasteiger partial charge in [-0.05, 0) is 51.1 Å². The Labute approximate surface area is 176 Å². The Morgan fingerprint density at radius 3 is 2.30 bits per heavy atom. The molecule has 0 unspecified atom stereocenters. The minimum atomic E-state index is -0.338. The molecule has 0 spiro atoms. The molecule has 1 saturated heterocycles. The maximum Gasteiger partial charge on any atom is 0.253 e. The first kappa shape index (κ1) is 20.0. The average molecular weight is 404 g/mol. The van der Waals surface area contributed by atoms with Crippen LogP contribution in [0.2, 0.25) is 0 Å².